The summed E-state index contributed by atoms with van der Waals surface area (Å²) in [7, 11) is 0. The molecule has 1 saturated heterocycles. The van der Waals surface area contributed by atoms with Gasteiger partial charge in [0.1, 0.15) is 5.75 Å². The Hall–Kier alpha value is -2.64. The van der Waals surface area contributed by atoms with Gasteiger partial charge in [-0.15, -0.1) is 0 Å². The van der Waals surface area contributed by atoms with Crippen molar-refractivity contribution >= 4 is 17.6 Å². The molecule has 1 amide bonds. The molecule has 0 saturated carbocycles. The number of rotatable bonds is 5. The van der Waals surface area contributed by atoms with Gasteiger partial charge in [-0.25, -0.2) is 4.79 Å². The van der Waals surface area contributed by atoms with Crippen molar-refractivity contribution in [3.8, 4) is 5.75 Å². The van der Waals surface area contributed by atoms with Gasteiger partial charge >= 0.3 is 5.97 Å². The van der Waals surface area contributed by atoms with Gasteiger partial charge in [-0.05, 0) is 12.5 Å². The lowest BCUT2D eigenvalue weighted by molar-refractivity contribution is -0.385. The molecular weight excluding hydrogens is 268 g/mol. The zero-order chi connectivity index (χ0) is 14.7. The molecule has 2 rings (SSSR count). The number of hydrogen-bond acceptors (Lipinski definition) is 5. The van der Waals surface area contributed by atoms with Crippen molar-refractivity contribution in [2.75, 3.05) is 19.7 Å². The van der Waals surface area contributed by atoms with Crippen LogP contribution in [0.1, 0.15) is 16.8 Å². The SMILES string of the molecule is O=C(O)c1c(OCC(=O)N2CCC2)cccc1[N+](=O)[O-]. The van der Waals surface area contributed by atoms with Crippen LogP contribution in [0.15, 0.2) is 18.2 Å². The lowest BCUT2D eigenvalue weighted by atomic mass is 10.1. The van der Waals surface area contributed by atoms with E-state index in [1.54, 1.807) is 4.90 Å². The first-order chi connectivity index (χ1) is 9.50. The maximum absolute atomic E-state index is 11.6. The third-order valence-electron chi connectivity index (χ3n) is 2.97. The Labute approximate surface area is 113 Å². The Morgan fingerprint density at radius 1 is 1.40 bits per heavy atom. The highest BCUT2D eigenvalue weighted by Crippen LogP contribution is 2.28. The first kappa shape index (κ1) is 13.8. The highest BCUT2D eigenvalue weighted by molar-refractivity contribution is 5.95. The Balaban J connectivity index is 2.18. The van der Waals surface area contributed by atoms with Gasteiger partial charge in [0.25, 0.3) is 11.6 Å². The number of benzene rings is 1. The van der Waals surface area contributed by atoms with E-state index in [4.69, 9.17) is 9.84 Å². The topological polar surface area (TPSA) is 110 Å². The molecule has 1 aliphatic rings. The van der Waals surface area contributed by atoms with Crippen LogP contribution in [0.5, 0.6) is 5.75 Å². The molecule has 0 bridgehead atoms. The zero-order valence-corrected chi connectivity index (χ0v) is 10.4. The maximum Gasteiger partial charge on any atom is 0.346 e. The van der Waals surface area contributed by atoms with E-state index in [0.29, 0.717) is 13.1 Å². The van der Waals surface area contributed by atoms with Gasteiger partial charge in [0.2, 0.25) is 0 Å². The van der Waals surface area contributed by atoms with Crippen LogP contribution in [0.3, 0.4) is 0 Å². The number of carbonyl (C=O) groups is 2. The van der Waals surface area contributed by atoms with Crippen LogP contribution in [0.25, 0.3) is 0 Å². The Kier molecular flexibility index (Phi) is 3.83. The van der Waals surface area contributed by atoms with E-state index in [2.05, 4.69) is 0 Å². The number of carbonyl (C=O) groups excluding carboxylic acids is 1. The van der Waals surface area contributed by atoms with Crippen LogP contribution in [-0.2, 0) is 4.79 Å². The summed E-state index contributed by atoms with van der Waals surface area (Å²) in [5.74, 6) is -1.91. The fourth-order valence-corrected chi connectivity index (χ4v) is 1.80. The summed E-state index contributed by atoms with van der Waals surface area (Å²) in [6.07, 6.45) is 0.933. The smallest absolute Gasteiger partial charge is 0.346 e. The summed E-state index contributed by atoms with van der Waals surface area (Å²) in [5, 5.41) is 19.8. The third-order valence-corrected chi connectivity index (χ3v) is 2.97. The Morgan fingerprint density at radius 2 is 2.10 bits per heavy atom. The Morgan fingerprint density at radius 3 is 2.60 bits per heavy atom. The van der Waals surface area contributed by atoms with Gasteiger partial charge < -0.3 is 14.7 Å². The van der Waals surface area contributed by atoms with Crippen LogP contribution in [0, 0.1) is 10.1 Å². The molecule has 20 heavy (non-hydrogen) atoms. The summed E-state index contributed by atoms with van der Waals surface area (Å²) < 4.78 is 5.13. The molecule has 0 atom stereocenters. The highest BCUT2D eigenvalue weighted by Gasteiger charge is 2.26. The molecule has 0 spiro atoms. The van der Waals surface area contributed by atoms with Crippen molar-refractivity contribution in [1.82, 2.24) is 4.90 Å². The van der Waals surface area contributed by atoms with E-state index < -0.39 is 22.1 Å². The second kappa shape index (κ2) is 5.55. The predicted molar refractivity (Wildman–Crippen MR) is 66.7 cm³/mol. The number of hydrogen-bond donors (Lipinski definition) is 1. The summed E-state index contributed by atoms with van der Waals surface area (Å²) in [6.45, 7) is 0.979. The number of nitro groups is 1. The molecule has 8 heteroatoms. The van der Waals surface area contributed by atoms with Gasteiger partial charge in [-0.3, -0.25) is 14.9 Å². The van der Waals surface area contributed by atoms with Crippen molar-refractivity contribution in [3.05, 3.63) is 33.9 Å². The van der Waals surface area contributed by atoms with E-state index in [9.17, 15) is 19.7 Å². The zero-order valence-electron chi connectivity index (χ0n) is 10.4. The maximum atomic E-state index is 11.6. The molecule has 1 N–H and O–H groups in total. The molecule has 0 radical (unpaired) electrons. The number of amides is 1. The fourth-order valence-electron chi connectivity index (χ4n) is 1.80. The van der Waals surface area contributed by atoms with Crippen molar-refractivity contribution < 1.29 is 24.4 Å². The standard InChI is InChI=1S/C12H12N2O6/c15-10(13-5-2-6-13)7-20-9-4-1-3-8(14(18)19)11(9)12(16)17/h1,3-4H,2,5-7H2,(H,16,17). The second-order valence-electron chi connectivity index (χ2n) is 4.24. The quantitative estimate of drug-likeness (QED) is 0.634. The number of ether oxygens (including phenoxy) is 1. The first-order valence-corrected chi connectivity index (χ1v) is 5.92. The van der Waals surface area contributed by atoms with E-state index >= 15 is 0 Å². The molecule has 1 aromatic rings. The van der Waals surface area contributed by atoms with Gasteiger partial charge in [0.05, 0.1) is 4.92 Å². The third kappa shape index (κ3) is 2.68. The van der Waals surface area contributed by atoms with Crippen LogP contribution in [0.2, 0.25) is 0 Å². The van der Waals surface area contributed by atoms with Crippen LogP contribution in [0.4, 0.5) is 5.69 Å². The van der Waals surface area contributed by atoms with E-state index in [-0.39, 0.29) is 18.3 Å². The van der Waals surface area contributed by atoms with E-state index in [0.717, 1.165) is 12.5 Å². The monoisotopic (exact) mass is 280 g/mol. The fraction of sp³-hybridized carbons (Fsp3) is 0.333. The molecule has 0 unspecified atom stereocenters. The average molecular weight is 280 g/mol. The largest absolute Gasteiger partial charge is 0.483 e. The molecule has 8 nitrogen and oxygen atoms in total. The van der Waals surface area contributed by atoms with Crippen molar-refractivity contribution in [2.45, 2.75) is 6.42 Å². The highest BCUT2D eigenvalue weighted by atomic mass is 16.6. The van der Waals surface area contributed by atoms with Gasteiger partial charge in [-0.2, -0.15) is 0 Å². The van der Waals surface area contributed by atoms with Crippen LogP contribution >= 0.6 is 0 Å². The first-order valence-electron chi connectivity index (χ1n) is 5.92. The minimum Gasteiger partial charge on any atom is -0.483 e. The van der Waals surface area contributed by atoms with Crippen molar-refractivity contribution in [2.24, 2.45) is 0 Å². The lowest BCUT2D eigenvalue weighted by Gasteiger charge is -2.30. The molecule has 1 aromatic carbocycles. The summed E-state index contributed by atoms with van der Waals surface area (Å²) in [6, 6.07) is 3.68. The van der Waals surface area contributed by atoms with E-state index in [1.165, 1.54) is 12.1 Å². The minimum atomic E-state index is -1.47. The van der Waals surface area contributed by atoms with Crippen molar-refractivity contribution in [3.63, 3.8) is 0 Å². The number of carboxylic acid groups (broad SMARTS) is 1. The number of likely N-dealkylation sites (tertiary alicyclic amines) is 1. The number of carboxylic acids is 1. The number of nitrogens with zero attached hydrogens (tertiary/aromatic N) is 2. The molecular formula is C12H12N2O6. The number of nitro benzene ring substituents is 1. The predicted octanol–water partition coefficient (Wildman–Crippen LogP) is 0.904. The molecule has 1 heterocycles. The molecule has 0 aliphatic carbocycles. The normalized spacial score (nSPS) is 13.5. The Bertz CT molecular complexity index is 567. The molecule has 0 aromatic heterocycles. The van der Waals surface area contributed by atoms with Crippen molar-refractivity contribution in [1.29, 1.82) is 0 Å². The number of aromatic carboxylic acids is 1. The average Bonchev–Trinajstić information content (AvgIpc) is 2.33. The summed E-state index contributed by atoms with van der Waals surface area (Å²) >= 11 is 0. The minimum absolute atomic E-state index is 0.180. The molecule has 1 aliphatic heterocycles. The lowest BCUT2D eigenvalue weighted by Crippen LogP contribution is -2.44. The van der Waals surface area contributed by atoms with Gasteiger partial charge in [0, 0.05) is 19.2 Å². The molecule has 106 valence electrons. The van der Waals surface area contributed by atoms with E-state index in [1.807, 2.05) is 0 Å². The second-order valence-corrected chi connectivity index (χ2v) is 4.24. The van der Waals surface area contributed by atoms with Crippen LogP contribution < -0.4 is 4.74 Å². The van der Waals surface area contributed by atoms with Crippen LogP contribution in [-0.4, -0.2) is 46.5 Å². The summed E-state index contributed by atoms with van der Waals surface area (Å²) in [4.78, 5) is 34.3. The van der Waals surface area contributed by atoms with Gasteiger partial charge in [0.15, 0.2) is 12.2 Å². The molecule has 1 fully saturated rings. The van der Waals surface area contributed by atoms with Gasteiger partial charge in [-0.1, -0.05) is 6.07 Å². The summed E-state index contributed by atoms with van der Waals surface area (Å²) in [5.41, 5.74) is -1.11.